The molecule has 0 bridgehead atoms. The Bertz CT molecular complexity index is 649. The molecule has 0 amide bonds. The lowest BCUT2D eigenvalue weighted by Crippen LogP contribution is -2.15. The Morgan fingerprint density at radius 3 is 3.00 bits per heavy atom. The monoisotopic (exact) mass is 306 g/mol. The molecule has 0 saturated carbocycles. The third-order valence-corrected chi connectivity index (χ3v) is 3.28. The van der Waals surface area contributed by atoms with Crippen LogP contribution in [0.5, 0.6) is 0 Å². The predicted octanol–water partition coefficient (Wildman–Crippen LogP) is 4.05. The molecule has 0 spiro atoms. The summed E-state index contributed by atoms with van der Waals surface area (Å²) in [6.45, 7) is 1.90. The molecule has 1 aliphatic heterocycles. The average molecular weight is 307 g/mol. The number of allylic oxidation sites excluding steroid dienone is 2. The minimum atomic E-state index is -0.457. The van der Waals surface area contributed by atoms with Gasteiger partial charge in [0.05, 0.1) is 0 Å². The smallest absolute Gasteiger partial charge is 0.167 e. The highest BCUT2D eigenvalue weighted by atomic mass is 35.5. The van der Waals surface area contributed by atoms with Crippen molar-refractivity contribution in [3.8, 4) is 0 Å². The number of hydrogen-bond acceptors (Lipinski definition) is 4. The highest BCUT2D eigenvalue weighted by molar-refractivity contribution is 6.30. The molecular weight excluding hydrogens is 291 g/mol. The summed E-state index contributed by atoms with van der Waals surface area (Å²) in [6, 6.07) is 4.99. The van der Waals surface area contributed by atoms with E-state index >= 15 is 0 Å². The van der Waals surface area contributed by atoms with Crippen molar-refractivity contribution in [3.05, 3.63) is 46.9 Å². The Labute approximate surface area is 127 Å². The number of nitrogens with two attached hydrogens (primary N) is 1. The first-order valence-electron chi connectivity index (χ1n) is 6.48. The van der Waals surface area contributed by atoms with Crippen LogP contribution >= 0.6 is 11.6 Å². The summed E-state index contributed by atoms with van der Waals surface area (Å²) in [7, 11) is 0. The van der Waals surface area contributed by atoms with Crippen LogP contribution in [0.25, 0.3) is 0 Å². The molecule has 0 saturated heterocycles. The van der Waals surface area contributed by atoms with Crippen molar-refractivity contribution >= 4 is 35.0 Å². The number of hydrogen-bond donors (Lipinski definition) is 3. The fourth-order valence-electron chi connectivity index (χ4n) is 1.89. The van der Waals surface area contributed by atoms with E-state index in [1.807, 2.05) is 6.92 Å². The zero-order valence-corrected chi connectivity index (χ0v) is 12.3. The Kier molecular flexibility index (Phi) is 4.75. The molecule has 1 aromatic carbocycles. The van der Waals surface area contributed by atoms with Crippen LogP contribution < -0.4 is 11.1 Å². The van der Waals surface area contributed by atoms with Gasteiger partial charge in [0.1, 0.15) is 5.16 Å². The van der Waals surface area contributed by atoms with E-state index in [4.69, 9.17) is 22.7 Å². The van der Waals surface area contributed by atoms with E-state index in [2.05, 4.69) is 10.3 Å². The van der Waals surface area contributed by atoms with Gasteiger partial charge < -0.3 is 16.5 Å². The average Bonchev–Trinajstić information content (AvgIpc) is 2.45. The first kappa shape index (κ1) is 15.3. The molecule has 0 radical (unpaired) electrons. The zero-order valence-electron chi connectivity index (χ0n) is 11.5. The fourth-order valence-corrected chi connectivity index (χ4v) is 2.06. The Morgan fingerprint density at radius 2 is 2.29 bits per heavy atom. The normalized spacial score (nSPS) is 18.8. The molecule has 2 rings (SSSR count). The lowest BCUT2D eigenvalue weighted by molar-refractivity contribution is 0.640. The quantitative estimate of drug-likeness (QED) is 0.438. The van der Waals surface area contributed by atoms with Gasteiger partial charge in [-0.2, -0.15) is 0 Å². The number of nitrogens with one attached hydrogen (secondary N) is 2. The van der Waals surface area contributed by atoms with E-state index in [1.165, 1.54) is 6.08 Å². The predicted molar refractivity (Wildman–Crippen MR) is 86.7 cm³/mol. The second-order valence-corrected chi connectivity index (χ2v) is 5.22. The summed E-state index contributed by atoms with van der Waals surface area (Å²) >= 11 is 5.95. The Balaban J connectivity index is 2.34. The summed E-state index contributed by atoms with van der Waals surface area (Å²) in [5.41, 5.74) is 7.34. The molecule has 1 aliphatic rings. The number of nitrogens with zero attached hydrogens (tertiary/aromatic N) is 1. The van der Waals surface area contributed by atoms with Gasteiger partial charge in [-0.05, 0) is 42.7 Å². The molecule has 1 heterocycles. The van der Waals surface area contributed by atoms with E-state index in [-0.39, 0.29) is 16.9 Å². The van der Waals surface area contributed by atoms with Crippen LogP contribution in [0.3, 0.4) is 0 Å². The van der Waals surface area contributed by atoms with Gasteiger partial charge in [0.15, 0.2) is 11.7 Å². The first-order valence-corrected chi connectivity index (χ1v) is 6.86. The second-order valence-electron chi connectivity index (χ2n) is 4.83. The summed E-state index contributed by atoms with van der Waals surface area (Å²) in [4.78, 5) is 4.03. The number of halogens is 2. The Morgan fingerprint density at radius 1 is 1.52 bits per heavy atom. The SMILES string of the molecule is CC1C=C(F)C(Nc2ccc(N)c(C=N)c2)=NC(Cl)=CC1. The van der Waals surface area contributed by atoms with Crippen LogP contribution in [0.15, 0.2) is 46.3 Å². The lowest BCUT2D eigenvalue weighted by atomic mass is 10.1. The lowest BCUT2D eigenvalue weighted by Gasteiger charge is -2.13. The molecule has 0 aliphatic carbocycles. The van der Waals surface area contributed by atoms with E-state index in [0.717, 1.165) is 6.21 Å². The number of rotatable bonds is 2. The van der Waals surface area contributed by atoms with Crippen molar-refractivity contribution in [2.24, 2.45) is 10.9 Å². The molecule has 1 unspecified atom stereocenters. The van der Waals surface area contributed by atoms with Crippen molar-refractivity contribution in [1.82, 2.24) is 0 Å². The third-order valence-electron chi connectivity index (χ3n) is 3.04. The highest BCUT2D eigenvalue weighted by Crippen LogP contribution is 2.22. The Hall–Kier alpha value is -2.14. The maximum absolute atomic E-state index is 14.2. The van der Waals surface area contributed by atoms with Crippen LogP contribution in [0, 0.1) is 11.3 Å². The molecule has 4 N–H and O–H groups in total. The maximum Gasteiger partial charge on any atom is 0.167 e. The van der Waals surface area contributed by atoms with Gasteiger partial charge in [-0.3, -0.25) is 0 Å². The standard InChI is InChI=1S/C15H16ClFN4/c1-9-2-5-14(16)21-15(12(17)6-9)20-11-3-4-13(19)10(7-11)8-18/h3-9,18H,2,19H2,1H3,(H,20,21). The van der Waals surface area contributed by atoms with E-state index in [0.29, 0.717) is 23.4 Å². The molecule has 0 fully saturated rings. The summed E-state index contributed by atoms with van der Waals surface area (Å²) in [5.74, 6) is -0.375. The summed E-state index contributed by atoms with van der Waals surface area (Å²) in [5, 5.41) is 10.4. The minimum Gasteiger partial charge on any atom is -0.398 e. The van der Waals surface area contributed by atoms with Gasteiger partial charge in [-0.25, -0.2) is 9.38 Å². The minimum absolute atomic E-state index is 0.0367. The molecule has 1 aromatic rings. The van der Waals surface area contributed by atoms with Gasteiger partial charge in [0.2, 0.25) is 0 Å². The summed E-state index contributed by atoms with van der Waals surface area (Å²) in [6.07, 6.45) is 5.04. The van der Waals surface area contributed by atoms with Crippen molar-refractivity contribution < 1.29 is 4.39 Å². The van der Waals surface area contributed by atoms with Crippen molar-refractivity contribution in [2.45, 2.75) is 13.3 Å². The number of amidine groups is 1. The van der Waals surface area contributed by atoms with Gasteiger partial charge in [0.25, 0.3) is 0 Å². The van der Waals surface area contributed by atoms with Crippen molar-refractivity contribution in [3.63, 3.8) is 0 Å². The molecule has 110 valence electrons. The van der Waals surface area contributed by atoms with Crippen molar-refractivity contribution in [1.29, 1.82) is 5.41 Å². The van der Waals surface area contributed by atoms with Gasteiger partial charge in [0, 0.05) is 23.2 Å². The molecule has 21 heavy (non-hydrogen) atoms. The van der Waals surface area contributed by atoms with E-state index in [9.17, 15) is 4.39 Å². The molecule has 4 nitrogen and oxygen atoms in total. The van der Waals surface area contributed by atoms with Crippen LogP contribution in [0.4, 0.5) is 15.8 Å². The fraction of sp³-hybridized carbons (Fsp3) is 0.200. The molecule has 1 atom stereocenters. The maximum atomic E-state index is 14.2. The van der Waals surface area contributed by atoms with Crippen LogP contribution in [-0.4, -0.2) is 12.1 Å². The van der Waals surface area contributed by atoms with E-state index in [1.54, 1.807) is 24.3 Å². The first-order chi connectivity index (χ1) is 9.99. The highest BCUT2D eigenvalue weighted by Gasteiger charge is 2.13. The molecule has 6 heteroatoms. The van der Waals surface area contributed by atoms with Crippen LogP contribution in [0.1, 0.15) is 18.9 Å². The summed E-state index contributed by atoms with van der Waals surface area (Å²) < 4.78 is 14.2. The zero-order chi connectivity index (χ0) is 15.4. The van der Waals surface area contributed by atoms with Crippen molar-refractivity contribution in [2.75, 3.05) is 11.1 Å². The molecule has 0 aromatic heterocycles. The van der Waals surface area contributed by atoms with Crippen LogP contribution in [-0.2, 0) is 0 Å². The number of anilines is 2. The van der Waals surface area contributed by atoms with Gasteiger partial charge in [-0.1, -0.05) is 18.5 Å². The number of nitrogen functional groups attached to an aromatic ring is 1. The molecular formula is C15H16ClFN4. The van der Waals surface area contributed by atoms with E-state index < -0.39 is 5.83 Å². The third kappa shape index (κ3) is 3.92. The van der Waals surface area contributed by atoms with Crippen LogP contribution in [0.2, 0.25) is 0 Å². The van der Waals surface area contributed by atoms with Gasteiger partial charge in [-0.15, -0.1) is 0 Å². The van der Waals surface area contributed by atoms with Gasteiger partial charge >= 0.3 is 0 Å². The second kappa shape index (κ2) is 6.54. The number of benzene rings is 1. The topological polar surface area (TPSA) is 74.3 Å². The number of aliphatic imine (C=N–C) groups is 1. The largest absolute Gasteiger partial charge is 0.398 e.